The van der Waals surface area contributed by atoms with Gasteiger partial charge in [0.05, 0.1) is 5.56 Å². The number of alkyl halides is 3. The zero-order valence-corrected chi connectivity index (χ0v) is 12.2. The topological polar surface area (TPSA) is 15.3 Å². The first-order valence-corrected chi connectivity index (χ1v) is 7.59. The van der Waals surface area contributed by atoms with Crippen LogP contribution in [0.5, 0.6) is 0 Å². The zero-order valence-electron chi connectivity index (χ0n) is 12.2. The molecule has 1 aromatic rings. The van der Waals surface area contributed by atoms with Gasteiger partial charge in [0.25, 0.3) is 0 Å². The lowest BCUT2D eigenvalue weighted by Crippen LogP contribution is -2.27. The molecule has 0 aromatic heterocycles. The van der Waals surface area contributed by atoms with Crippen molar-refractivity contribution in [1.29, 1.82) is 0 Å². The molecular weight excluding hydrogens is 277 g/mol. The highest BCUT2D eigenvalue weighted by atomic mass is 19.4. The molecule has 1 unspecified atom stereocenters. The maximum absolute atomic E-state index is 13.0. The van der Waals surface area contributed by atoms with E-state index in [1.165, 1.54) is 25.8 Å². The molecular formula is C16H21F3N2. The molecule has 1 saturated heterocycles. The van der Waals surface area contributed by atoms with E-state index in [-0.39, 0.29) is 5.56 Å². The minimum absolute atomic E-state index is 0.289. The third kappa shape index (κ3) is 3.51. The maximum atomic E-state index is 13.0. The predicted molar refractivity (Wildman–Crippen MR) is 77.5 cm³/mol. The van der Waals surface area contributed by atoms with Crippen LogP contribution in [0, 0.1) is 12.8 Å². The summed E-state index contributed by atoms with van der Waals surface area (Å²) in [7, 11) is 0. The summed E-state index contributed by atoms with van der Waals surface area (Å²) in [5.41, 5.74) is 0.471. The molecule has 1 saturated carbocycles. The van der Waals surface area contributed by atoms with E-state index in [0.717, 1.165) is 26.1 Å². The van der Waals surface area contributed by atoms with Crippen LogP contribution < -0.4 is 10.2 Å². The number of benzene rings is 1. The Kier molecular flexibility index (Phi) is 3.86. The van der Waals surface area contributed by atoms with Gasteiger partial charge in [-0.15, -0.1) is 0 Å². The number of hydrogen-bond donors (Lipinski definition) is 1. The smallest absolute Gasteiger partial charge is 0.371 e. The summed E-state index contributed by atoms with van der Waals surface area (Å²) in [4.78, 5) is 2.08. The Morgan fingerprint density at radius 1 is 1.24 bits per heavy atom. The van der Waals surface area contributed by atoms with E-state index in [2.05, 4.69) is 10.2 Å². The summed E-state index contributed by atoms with van der Waals surface area (Å²) in [6, 6.07) is 5.37. The average Bonchev–Trinajstić information content (AvgIpc) is 3.13. The summed E-state index contributed by atoms with van der Waals surface area (Å²) < 4.78 is 38.9. The van der Waals surface area contributed by atoms with Crippen molar-refractivity contribution in [2.24, 2.45) is 5.92 Å². The Morgan fingerprint density at radius 3 is 2.67 bits per heavy atom. The summed E-state index contributed by atoms with van der Waals surface area (Å²) in [5, 5.41) is 3.51. The molecule has 0 bridgehead atoms. The van der Waals surface area contributed by atoms with E-state index in [0.29, 0.717) is 17.6 Å². The number of halogens is 3. The van der Waals surface area contributed by atoms with Crippen molar-refractivity contribution in [3.8, 4) is 0 Å². The first-order chi connectivity index (χ1) is 9.93. The monoisotopic (exact) mass is 298 g/mol. The lowest BCUT2D eigenvalue weighted by atomic mass is 10.1. The molecule has 0 amide bonds. The van der Waals surface area contributed by atoms with Gasteiger partial charge in [-0.3, -0.25) is 0 Å². The molecule has 1 aromatic carbocycles. The summed E-state index contributed by atoms with van der Waals surface area (Å²) in [5.74, 6) is 0.543. The predicted octanol–water partition coefficient (Wildman–Crippen LogP) is 3.59. The number of anilines is 1. The fourth-order valence-corrected chi connectivity index (χ4v) is 2.97. The Bertz CT molecular complexity index is 509. The fraction of sp³-hybridized carbons (Fsp3) is 0.625. The second-order valence-corrected chi connectivity index (χ2v) is 6.28. The van der Waals surface area contributed by atoms with Crippen LogP contribution in [0.25, 0.3) is 0 Å². The van der Waals surface area contributed by atoms with E-state index >= 15 is 0 Å². The zero-order chi connectivity index (χ0) is 15.0. The van der Waals surface area contributed by atoms with E-state index in [9.17, 15) is 13.2 Å². The molecule has 1 atom stereocenters. The molecule has 2 nitrogen and oxygen atoms in total. The molecule has 0 spiro atoms. The summed E-state index contributed by atoms with van der Waals surface area (Å²) >= 11 is 0. The van der Waals surface area contributed by atoms with Gasteiger partial charge < -0.3 is 10.2 Å². The molecule has 2 aliphatic rings. The van der Waals surface area contributed by atoms with Crippen molar-refractivity contribution >= 4 is 5.69 Å². The Balaban J connectivity index is 1.66. The largest absolute Gasteiger partial charge is 0.416 e. The van der Waals surface area contributed by atoms with Gasteiger partial charge in [0.1, 0.15) is 0 Å². The van der Waals surface area contributed by atoms with Crippen molar-refractivity contribution < 1.29 is 13.2 Å². The molecule has 1 aliphatic carbocycles. The molecule has 116 valence electrons. The maximum Gasteiger partial charge on any atom is 0.416 e. The van der Waals surface area contributed by atoms with Gasteiger partial charge in [-0.2, -0.15) is 13.2 Å². The van der Waals surface area contributed by atoms with Crippen LogP contribution in [-0.4, -0.2) is 25.7 Å². The molecule has 21 heavy (non-hydrogen) atoms. The highest BCUT2D eigenvalue weighted by molar-refractivity contribution is 5.52. The van der Waals surface area contributed by atoms with Gasteiger partial charge in [-0.25, -0.2) is 0 Å². The Hall–Kier alpha value is -1.23. The first kappa shape index (κ1) is 14.7. The fourth-order valence-electron chi connectivity index (χ4n) is 2.97. The van der Waals surface area contributed by atoms with Crippen molar-refractivity contribution in [2.45, 2.75) is 38.4 Å². The van der Waals surface area contributed by atoms with E-state index in [1.807, 2.05) is 0 Å². The van der Waals surface area contributed by atoms with Gasteiger partial charge >= 0.3 is 6.18 Å². The van der Waals surface area contributed by atoms with E-state index in [1.54, 1.807) is 12.1 Å². The SMILES string of the molecule is Cc1ccc(N2CCC(CNC3CC3)C2)cc1C(F)(F)F. The quantitative estimate of drug-likeness (QED) is 0.914. The van der Waals surface area contributed by atoms with E-state index < -0.39 is 11.7 Å². The molecule has 1 N–H and O–H groups in total. The van der Waals surface area contributed by atoms with Crippen molar-refractivity contribution in [1.82, 2.24) is 5.32 Å². The highest BCUT2D eigenvalue weighted by Gasteiger charge is 2.33. The van der Waals surface area contributed by atoms with Crippen LogP contribution in [0.15, 0.2) is 18.2 Å². The molecule has 5 heteroatoms. The van der Waals surface area contributed by atoms with Crippen molar-refractivity contribution in [3.63, 3.8) is 0 Å². The summed E-state index contributed by atoms with van der Waals surface area (Å²) in [6.45, 7) is 4.19. The average molecular weight is 298 g/mol. The molecule has 1 aliphatic heterocycles. The molecule has 3 rings (SSSR count). The van der Waals surface area contributed by atoms with Crippen LogP contribution in [0.2, 0.25) is 0 Å². The minimum atomic E-state index is -4.27. The lowest BCUT2D eigenvalue weighted by molar-refractivity contribution is -0.138. The third-order valence-corrected chi connectivity index (χ3v) is 4.45. The van der Waals surface area contributed by atoms with Crippen LogP contribution in [0.3, 0.4) is 0 Å². The van der Waals surface area contributed by atoms with Gasteiger partial charge in [-0.1, -0.05) is 6.07 Å². The molecule has 1 heterocycles. The van der Waals surface area contributed by atoms with Crippen LogP contribution in [0.4, 0.5) is 18.9 Å². The molecule has 0 radical (unpaired) electrons. The summed E-state index contributed by atoms with van der Waals surface area (Å²) in [6.07, 6.45) is -0.686. The lowest BCUT2D eigenvalue weighted by Gasteiger charge is -2.21. The minimum Gasteiger partial charge on any atom is -0.371 e. The Labute approximate surface area is 123 Å². The van der Waals surface area contributed by atoms with Crippen molar-refractivity contribution in [2.75, 3.05) is 24.5 Å². The number of aryl methyl sites for hydroxylation is 1. The third-order valence-electron chi connectivity index (χ3n) is 4.45. The van der Waals surface area contributed by atoms with Crippen LogP contribution >= 0.6 is 0 Å². The standard InChI is InChI=1S/C16H21F3N2/c1-11-2-5-14(8-15(11)16(17,18)19)21-7-6-12(10-21)9-20-13-3-4-13/h2,5,8,12-13,20H,3-4,6-7,9-10H2,1H3. The van der Waals surface area contributed by atoms with Gasteiger partial charge in [-0.05, 0) is 56.3 Å². The van der Waals surface area contributed by atoms with Crippen LogP contribution in [-0.2, 0) is 6.18 Å². The van der Waals surface area contributed by atoms with Crippen molar-refractivity contribution in [3.05, 3.63) is 29.3 Å². The number of hydrogen-bond acceptors (Lipinski definition) is 2. The van der Waals surface area contributed by atoms with Gasteiger partial charge in [0, 0.05) is 24.8 Å². The second kappa shape index (κ2) is 5.52. The van der Waals surface area contributed by atoms with Gasteiger partial charge in [0.15, 0.2) is 0 Å². The molecule has 2 fully saturated rings. The second-order valence-electron chi connectivity index (χ2n) is 6.28. The van der Waals surface area contributed by atoms with Gasteiger partial charge in [0.2, 0.25) is 0 Å². The number of nitrogens with one attached hydrogen (secondary N) is 1. The number of rotatable bonds is 4. The normalized spacial score (nSPS) is 22.9. The van der Waals surface area contributed by atoms with E-state index in [4.69, 9.17) is 0 Å². The Morgan fingerprint density at radius 2 is 2.00 bits per heavy atom. The van der Waals surface area contributed by atoms with Crippen LogP contribution in [0.1, 0.15) is 30.4 Å². The first-order valence-electron chi connectivity index (χ1n) is 7.59. The number of nitrogens with zero attached hydrogens (tertiary/aromatic N) is 1. The highest BCUT2D eigenvalue weighted by Crippen LogP contribution is 2.35.